The van der Waals surface area contributed by atoms with Gasteiger partial charge in [-0.2, -0.15) is 11.8 Å². The molecular formula is C13H28N2S. The van der Waals surface area contributed by atoms with Crippen LogP contribution in [0.5, 0.6) is 0 Å². The number of nitrogens with two attached hydrogens (primary N) is 1. The average Bonchev–Trinajstić information content (AvgIpc) is 2.40. The quantitative estimate of drug-likeness (QED) is 0.824. The van der Waals surface area contributed by atoms with Crippen LogP contribution in [0.1, 0.15) is 47.0 Å². The Kier molecular flexibility index (Phi) is 5.14. The summed E-state index contributed by atoms with van der Waals surface area (Å²) in [6.07, 6.45) is 3.44. The van der Waals surface area contributed by atoms with E-state index in [1.54, 1.807) is 0 Å². The Labute approximate surface area is 105 Å². The van der Waals surface area contributed by atoms with Crippen LogP contribution >= 0.6 is 11.8 Å². The molecule has 2 N–H and O–H groups in total. The van der Waals surface area contributed by atoms with Crippen molar-refractivity contribution >= 4 is 11.8 Å². The van der Waals surface area contributed by atoms with Crippen LogP contribution in [0.2, 0.25) is 0 Å². The first-order valence-electron chi connectivity index (χ1n) is 6.56. The molecule has 1 rings (SSSR count). The molecule has 16 heavy (non-hydrogen) atoms. The Morgan fingerprint density at radius 3 is 2.44 bits per heavy atom. The predicted molar refractivity (Wildman–Crippen MR) is 75.1 cm³/mol. The van der Waals surface area contributed by atoms with Crippen LogP contribution in [-0.2, 0) is 0 Å². The van der Waals surface area contributed by atoms with Crippen LogP contribution in [0.25, 0.3) is 0 Å². The monoisotopic (exact) mass is 244 g/mol. The lowest BCUT2D eigenvalue weighted by Crippen LogP contribution is -2.50. The van der Waals surface area contributed by atoms with Crippen molar-refractivity contribution in [2.24, 2.45) is 5.73 Å². The van der Waals surface area contributed by atoms with E-state index in [0.29, 0.717) is 4.75 Å². The first-order valence-corrected chi connectivity index (χ1v) is 7.54. The predicted octanol–water partition coefficient (Wildman–Crippen LogP) is 2.72. The summed E-state index contributed by atoms with van der Waals surface area (Å²) in [5.74, 6) is 1.25. The van der Waals surface area contributed by atoms with E-state index in [1.165, 1.54) is 25.3 Å². The second-order valence-electron chi connectivity index (χ2n) is 5.70. The summed E-state index contributed by atoms with van der Waals surface area (Å²) in [4.78, 5) is 2.56. The van der Waals surface area contributed by atoms with Gasteiger partial charge in [-0.1, -0.05) is 27.7 Å². The number of hydrogen-bond acceptors (Lipinski definition) is 3. The molecule has 0 unspecified atom stereocenters. The third-order valence-corrected chi connectivity index (χ3v) is 5.25. The Morgan fingerprint density at radius 1 is 1.25 bits per heavy atom. The molecule has 0 atom stereocenters. The highest BCUT2D eigenvalue weighted by Gasteiger charge is 2.28. The number of nitrogens with zero attached hydrogens (tertiary/aromatic N) is 1. The lowest BCUT2D eigenvalue weighted by molar-refractivity contribution is 0.206. The Hall–Kier alpha value is 0.270. The van der Waals surface area contributed by atoms with Gasteiger partial charge in [-0.25, -0.2) is 0 Å². The van der Waals surface area contributed by atoms with Crippen LogP contribution < -0.4 is 5.73 Å². The molecule has 1 fully saturated rings. The maximum atomic E-state index is 6.40. The second-order valence-corrected chi connectivity index (χ2v) is 7.51. The van der Waals surface area contributed by atoms with Crippen LogP contribution in [0.4, 0.5) is 0 Å². The highest BCUT2D eigenvalue weighted by Crippen LogP contribution is 2.31. The van der Waals surface area contributed by atoms with E-state index in [2.05, 4.69) is 44.4 Å². The number of thioether (sulfide) groups is 1. The largest absolute Gasteiger partial charge is 0.324 e. The SMILES string of the molecule is CCC(N)(CC)CN1CCSC(C)(C)CC1. The molecule has 2 nitrogen and oxygen atoms in total. The molecule has 0 saturated carbocycles. The fourth-order valence-electron chi connectivity index (χ4n) is 2.14. The van der Waals surface area contributed by atoms with Crippen molar-refractivity contribution in [3.8, 4) is 0 Å². The maximum Gasteiger partial charge on any atom is 0.0278 e. The summed E-state index contributed by atoms with van der Waals surface area (Å²) in [6, 6.07) is 0. The van der Waals surface area contributed by atoms with Gasteiger partial charge in [0.2, 0.25) is 0 Å². The topological polar surface area (TPSA) is 29.3 Å². The summed E-state index contributed by atoms with van der Waals surface area (Å²) in [5, 5.41) is 0. The van der Waals surface area contributed by atoms with Crippen molar-refractivity contribution in [1.29, 1.82) is 0 Å². The first-order chi connectivity index (χ1) is 7.41. The van der Waals surface area contributed by atoms with Gasteiger partial charge in [-0.05, 0) is 25.8 Å². The molecule has 0 bridgehead atoms. The van der Waals surface area contributed by atoms with Gasteiger partial charge >= 0.3 is 0 Å². The third-order valence-electron chi connectivity index (χ3n) is 3.88. The summed E-state index contributed by atoms with van der Waals surface area (Å²) in [6.45, 7) is 12.6. The van der Waals surface area contributed by atoms with Gasteiger partial charge in [0.25, 0.3) is 0 Å². The van der Waals surface area contributed by atoms with Crippen molar-refractivity contribution < 1.29 is 0 Å². The van der Waals surface area contributed by atoms with Crippen LogP contribution in [0, 0.1) is 0 Å². The molecule has 0 radical (unpaired) electrons. The molecule has 1 heterocycles. The van der Waals surface area contributed by atoms with Crippen molar-refractivity contribution in [3.05, 3.63) is 0 Å². The fraction of sp³-hybridized carbons (Fsp3) is 1.00. The smallest absolute Gasteiger partial charge is 0.0278 e. The van der Waals surface area contributed by atoms with Gasteiger partial charge in [0.05, 0.1) is 0 Å². The standard InChI is InChI=1S/C13H28N2S/c1-5-13(14,6-2)11-15-8-7-12(3,4)16-10-9-15/h5-11,14H2,1-4H3. The maximum absolute atomic E-state index is 6.40. The Morgan fingerprint density at radius 2 is 1.88 bits per heavy atom. The van der Waals surface area contributed by atoms with Crippen molar-refractivity contribution in [3.63, 3.8) is 0 Å². The van der Waals surface area contributed by atoms with E-state index >= 15 is 0 Å². The van der Waals surface area contributed by atoms with Gasteiger partial charge in [-0.3, -0.25) is 0 Å². The lowest BCUT2D eigenvalue weighted by atomic mass is 9.93. The summed E-state index contributed by atoms with van der Waals surface area (Å²) >= 11 is 2.10. The molecule has 0 aromatic heterocycles. The van der Waals surface area contributed by atoms with E-state index in [0.717, 1.165) is 19.4 Å². The van der Waals surface area contributed by atoms with E-state index in [-0.39, 0.29) is 5.54 Å². The highest BCUT2D eigenvalue weighted by molar-refractivity contribution is 8.00. The molecule has 3 heteroatoms. The van der Waals surface area contributed by atoms with E-state index in [9.17, 15) is 0 Å². The van der Waals surface area contributed by atoms with Crippen molar-refractivity contribution in [1.82, 2.24) is 4.90 Å². The minimum absolute atomic E-state index is 0.0269. The van der Waals surface area contributed by atoms with Gasteiger partial charge in [-0.15, -0.1) is 0 Å². The average molecular weight is 244 g/mol. The van der Waals surface area contributed by atoms with Crippen LogP contribution in [-0.4, -0.2) is 40.6 Å². The molecule has 0 aromatic rings. The molecular weight excluding hydrogens is 216 g/mol. The molecule has 0 aromatic carbocycles. The minimum Gasteiger partial charge on any atom is -0.324 e. The molecule has 0 amide bonds. The van der Waals surface area contributed by atoms with Crippen LogP contribution in [0.15, 0.2) is 0 Å². The first kappa shape index (κ1) is 14.3. The fourth-order valence-corrected chi connectivity index (χ4v) is 3.28. The van der Waals surface area contributed by atoms with Gasteiger partial charge < -0.3 is 10.6 Å². The molecule has 1 saturated heterocycles. The molecule has 96 valence electrons. The Balaban J connectivity index is 2.49. The Bertz CT molecular complexity index is 212. The zero-order valence-electron chi connectivity index (χ0n) is 11.4. The zero-order valence-corrected chi connectivity index (χ0v) is 12.2. The van der Waals surface area contributed by atoms with E-state index < -0.39 is 0 Å². The number of rotatable bonds is 4. The molecule has 0 spiro atoms. The molecule has 1 aliphatic rings. The summed E-state index contributed by atoms with van der Waals surface area (Å²) in [5.41, 5.74) is 6.42. The lowest BCUT2D eigenvalue weighted by Gasteiger charge is -2.33. The molecule has 1 aliphatic heterocycles. The van der Waals surface area contributed by atoms with Gasteiger partial charge in [0.1, 0.15) is 0 Å². The zero-order chi connectivity index (χ0) is 12.2. The van der Waals surface area contributed by atoms with Crippen molar-refractivity contribution in [2.45, 2.75) is 57.2 Å². The normalized spacial score (nSPS) is 23.1. The third kappa shape index (κ3) is 4.27. The van der Waals surface area contributed by atoms with Crippen molar-refractivity contribution in [2.75, 3.05) is 25.4 Å². The number of hydrogen-bond donors (Lipinski definition) is 1. The summed E-state index contributed by atoms with van der Waals surface area (Å²) in [7, 11) is 0. The second kappa shape index (κ2) is 5.74. The highest BCUT2D eigenvalue weighted by atomic mass is 32.2. The molecule has 0 aliphatic carbocycles. The van der Waals surface area contributed by atoms with Gasteiger partial charge in [0.15, 0.2) is 0 Å². The van der Waals surface area contributed by atoms with Gasteiger partial charge in [0, 0.05) is 29.1 Å². The van der Waals surface area contributed by atoms with Crippen LogP contribution in [0.3, 0.4) is 0 Å². The van der Waals surface area contributed by atoms with E-state index in [1.807, 2.05) is 0 Å². The minimum atomic E-state index is 0.0269. The van der Waals surface area contributed by atoms with E-state index in [4.69, 9.17) is 5.73 Å². The summed E-state index contributed by atoms with van der Waals surface area (Å²) < 4.78 is 0.449.